The number of aromatic nitrogens is 1. The molecule has 0 spiro atoms. The molecule has 54 heavy (non-hydrogen) atoms. The van der Waals surface area contributed by atoms with Crippen LogP contribution >= 0.6 is 0 Å². The highest BCUT2D eigenvalue weighted by molar-refractivity contribution is 6.74. The molecule has 10 nitrogen and oxygen atoms in total. The molecule has 0 aliphatic carbocycles. The van der Waals surface area contributed by atoms with Gasteiger partial charge in [-0.2, -0.15) is 0 Å². The third kappa shape index (κ3) is 12.2. The second-order valence-corrected chi connectivity index (χ2v) is 20.9. The van der Waals surface area contributed by atoms with E-state index in [1.165, 1.54) is 13.2 Å². The van der Waals surface area contributed by atoms with E-state index in [0.29, 0.717) is 42.3 Å². The van der Waals surface area contributed by atoms with Gasteiger partial charge >= 0.3 is 12.1 Å². The first-order valence-electron chi connectivity index (χ1n) is 18.8. The van der Waals surface area contributed by atoms with E-state index in [-0.39, 0.29) is 23.1 Å². The summed E-state index contributed by atoms with van der Waals surface area (Å²) in [5.41, 5.74) is 2.03. The van der Waals surface area contributed by atoms with E-state index in [9.17, 15) is 14.4 Å². The number of methoxy groups -OCH3 is 1. The summed E-state index contributed by atoms with van der Waals surface area (Å²) in [5.74, 6) is 0.873. The number of esters is 1. The Balaban J connectivity index is 1.54. The first kappa shape index (κ1) is 42.1. The van der Waals surface area contributed by atoms with Crippen LogP contribution in [0.2, 0.25) is 18.1 Å². The van der Waals surface area contributed by atoms with E-state index in [1.807, 2.05) is 69.3 Å². The Bertz CT molecular complexity index is 1880. The Morgan fingerprint density at radius 2 is 1.50 bits per heavy atom. The van der Waals surface area contributed by atoms with Gasteiger partial charge in [-0.15, -0.1) is 0 Å². The average molecular weight is 759 g/mol. The van der Waals surface area contributed by atoms with Crippen molar-refractivity contribution in [2.24, 2.45) is 0 Å². The lowest BCUT2D eigenvalue weighted by Crippen LogP contribution is -2.46. The van der Waals surface area contributed by atoms with Gasteiger partial charge < -0.3 is 33.3 Å². The number of carbonyl (C=O) groups is 2. The molecule has 1 unspecified atom stereocenters. The molecule has 3 aromatic carbocycles. The second-order valence-electron chi connectivity index (χ2n) is 16.1. The number of hydrogen-bond donors (Lipinski definition) is 1. The number of fused-ring (bicyclic) bond motifs is 1. The molecule has 0 radical (unpaired) electrons. The van der Waals surface area contributed by atoms with Gasteiger partial charge in [-0.05, 0) is 99.3 Å². The van der Waals surface area contributed by atoms with Crippen LogP contribution in [0.15, 0.2) is 83.7 Å². The largest absolute Gasteiger partial charge is 0.494 e. The fraction of sp³-hybridized carbons (Fsp3) is 0.465. The number of carbonyl (C=O) groups excluding carboxylic acids is 2. The standard InChI is InChI=1S/C43H58N2O8Si/c1-42(2,3)52-41(48)45(27-15-10-11-16-28-50-33-21-19-32(20-22-33)40(47)49-7)29-37(53-54(8,9)43(4,5)6)34-23-25-36(39-35(34)24-26-38(46)44-39)51-30-31-17-13-12-14-18-31/h12-14,17-26,37H,10-11,15-16,27-30H2,1-9H3,(H,44,46). The maximum atomic E-state index is 13.8. The number of benzene rings is 3. The Hall–Kier alpha value is -4.61. The quantitative estimate of drug-likeness (QED) is 0.0643. The minimum atomic E-state index is -2.38. The fourth-order valence-corrected chi connectivity index (χ4v) is 6.92. The lowest BCUT2D eigenvalue weighted by atomic mass is 10.0. The SMILES string of the molecule is COC(=O)c1ccc(OCCCCCCN(CC(O[Si](C)(C)C(C)(C)C)c2ccc(OCc3ccccc3)c3[nH]c(=O)ccc23)C(=O)OC(C)(C)C)cc1. The summed E-state index contributed by atoms with van der Waals surface area (Å²) >= 11 is 0. The topological polar surface area (TPSA) is 116 Å². The van der Waals surface area contributed by atoms with E-state index < -0.39 is 26.1 Å². The number of amides is 1. The van der Waals surface area contributed by atoms with Crippen LogP contribution in [0.3, 0.4) is 0 Å². The van der Waals surface area contributed by atoms with Gasteiger partial charge in [-0.25, -0.2) is 9.59 Å². The number of hydrogen-bond acceptors (Lipinski definition) is 8. The molecule has 0 bridgehead atoms. The van der Waals surface area contributed by atoms with Gasteiger partial charge in [0.25, 0.3) is 0 Å². The van der Waals surface area contributed by atoms with Crippen LogP contribution in [-0.2, 0) is 20.5 Å². The zero-order valence-corrected chi connectivity index (χ0v) is 34.5. The maximum Gasteiger partial charge on any atom is 0.410 e. The number of nitrogens with zero attached hydrogens (tertiary/aromatic N) is 1. The molecule has 1 heterocycles. The van der Waals surface area contributed by atoms with E-state index in [1.54, 1.807) is 29.2 Å². The zero-order chi connectivity index (χ0) is 39.5. The normalized spacial score (nSPS) is 12.6. The highest BCUT2D eigenvalue weighted by Crippen LogP contribution is 2.42. The minimum Gasteiger partial charge on any atom is -0.494 e. The lowest BCUT2D eigenvalue weighted by molar-refractivity contribution is 0.0153. The number of rotatable bonds is 17. The van der Waals surface area contributed by atoms with Crippen molar-refractivity contribution in [1.29, 1.82) is 0 Å². The van der Waals surface area contributed by atoms with Crippen molar-refractivity contribution in [2.45, 2.75) is 104 Å². The summed E-state index contributed by atoms with van der Waals surface area (Å²) in [6, 6.07) is 24.0. The number of H-pyrrole nitrogens is 1. The van der Waals surface area contributed by atoms with Gasteiger partial charge in [0.1, 0.15) is 23.7 Å². The van der Waals surface area contributed by atoms with E-state index in [0.717, 1.165) is 42.2 Å². The predicted molar refractivity (Wildman–Crippen MR) is 216 cm³/mol. The Kier molecular flexibility index (Phi) is 14.5. The summed E-state index contributed by atoms with van der Waals surface area (Å²) in [6.45, 7) is 18.2. The molecule has 0 saturated carbocycles. The molecule has 0 saturated heterocycles. The molecular weight excluding hydrogens is 701 g/mol. The molecule has 1 aromatic heterocycles. The van der Waals surface area contributed by atoms with Crippen molar-refractivity contribution in [3.8, 4) is 11.5 Å². The van der Waals surface area contributed by atoms with Crippen molar-refractivity contribution in [1.82, 2.24) is 9.88 Å². The average Bonchev–Trinajstić information content (AvgIpc) is 3.11. The van der Waals surface area contributed by atoms with Gasteiger partial charge in [0.05, 0.1) is 37.4 Å². The van der Waals surface area contributed by atoms with Crippen LogP contribution in [0.25, 0.3) is 10.9 Å². The van der Waals surface area contributed by atoms with Crippen molar-refractivity contribution in [2.75, 3.05) is 26.8 Å². The van der Waals surface area contributed by atoms with Crippen molar-refractivity contribution >= 4 is 31.3 Å². The summed E-state index contributed by atoms with van der Waals surface area (Å²) < 4.78 is 30.0. The van der Waals surface area contributed by atoms with Gasteiger partial charge in [0.15, 0.2) is 8.32 Å². The number of ether oxygens (including phenoxy) is 4. The van der Waals surface area contributed by atoms with E-state index in [2.05, 4.69) is 38.8 Å². The van der Waals surface area contributed by atoms with Crippen LogP contribution < -0.4 is 15.0 Å². The van der Waals surface area contributed by atoms with Crippen LogP contribution in [0, 0.1) is 0 Å². The molecular formula is C43H58N2O8Si. The van der Waals surface area contributed by atoms with Crippen molar-refractivity contribution in [3.05, 3.63) is 106 Å². The number of pyridine rings is 1. The Morgan fingerprint density at radius 3 is 2.15 bits per heavy atom. The molecule has 1 atom stereocenters. The van der Waals surface area contributed by atoms with Gasteiger partial charge in [-0.1, -0.05) is 70.0 Å². The molecule has 0 fully saturated rings. The molecule has 292 valence electrons. The van der Waals surface area contributed by atoms with Gasteiger partial charge in [0.2, 0.25) is 5.56 Å². The molecule has 0 aliphatic heterocycles. The number of nitrogens with one attached hydrogen (secondary N) is 1. The minimum absolute atomic E-state index is 0.101. The van der Waals surface area contributed by atoms with Crippen LogP contribution in [0.5, 0.6) is 11.5 Å². The van der Waals surface area contributed by atoms with Crippen LogP contribution in [-0.4, -0.2) is 62.7 Å². The van der Waals surface area contributed by atoms with Crippen LogP contribution in [0.1, 0.15) is 94.8 Å². The Labute approximate surface area is 321 Å². The Morgan fingerprint density at radius 1 is 0.815 bits per heavy atom. The molecule has 4 rings (SSSR count). The first-order valence-corrected chi connectivity index (χ1v) is 21.7. The van der Waals surface area contributed by atoms with Gasteiger partial charge in [-0.3, -0.25) is 4.79 Å². The van der Waals surface area contributed by atoms with E-state index in [4.69, 9.17) is 23.4 Å². The summed E-state index contributed by atoms with van der Waals surface area (Å²) in [5, 5.41) is 0.698. The lowest BCUT2D eigenvalue weighted by Gasteiger charge is -2.41. The maximum absolute atomic E-state index is 13.8. The first-order chi connectivity index (χ1) is 25.5. The number of unbranched alkanes of at least 4 members (excludes halogenated alkanes) is 3. The van der Waals surface area contributed by atoms with Crippen LogP contribution in [0.4, 0.5) is 4.79 Å². The van der Waals surface area contributed by atoms with Crippen molar-refractivity contribution < 1.29 is 33.0 Å². The summed E-state index contributed by atoms with van der Waals surface area (Å²) in [7, 11) is -1.02. The highest BCUT2D eigenvalue weighted by atomic mass is 28.4. The zero-order valence-electron chi connectivity index (χ0n) is 33.5. The monoisotopic (exact) mass is 758 g/mol. The molecule has 1 amide bonds. The molecule has 4 aromatic rings. The molecule has 11 heteroatoms. The third-order valence-corrected chi connectivity index (χ3v) is 14.1. The van der Waals surface area contributed by atoms with Gasteiger partial charge in [0, 0.05) is 18.0 Å². The molecule has 1 N–H and O–H groups in total. The number of aromatic amines is 1. The fourth-order valence-electron chi connectivity index (χ4n) is 5.65. The smallest absolute Gasteiger partial charge is 0.410 e. The highest BCUT2D eigenvalue weighted by Gasteiger charge is 2.41. The van der Waals surface area contributed by atoms with Crippen molar-refractivity contribution in [3.63, 3.8) is 0 Å². The predicted octanol–water partition coefficient (Wildman–Crippen LogP) is 9.83. The summed E-state index contributed by atoms with van der Waals surface area (Å²) in [4.78, 5) is 42.9. The third-order valence-electron chi connectivity index (χ3n) is 9.62. The van der Waals surface area contributed by atoms with E-state index >= 15 is 0 Å². The summed E-state index contributed by atoms with van der Waals surface area (Å²) in [6.07, 6.45) is 2.50. The second kappa shape index (κ2) is 18.6. The molecule has 0 aliphatic rings.